The average Bonchev–Trinajstić information content (AvgIpc) is 3.15. The number of aryl methyl sites for hydroxylation is 1. The van der Waals surface area contributed by atoms with Crippen molar-refractivity contribution in [1.82, 2.24) is 15.5 Å². The van der Waals surface area contributed by atoms with Crippen LogP contribution in [0, 0.1) is 6.92 Å². The zero-order chi connectivity index (χ0) is 18.8. The van der Waals surface area contributed by atoms with E-state index in [4.69, 9.17) is 4.74 Å². The van der Waals surface area contributed by atoms with Crippen LogP contribution in [0.15, 0.2) is 46.8 Å². The number of halogens is 1. The molecule has 0 unspecified atom stereocenters. The Morgan fingerprint density at radius 2 is 1.93 bits per heavy atom. The van der Waals surface area contributed by atoms with E-state index in [2.05, 4.69) is 21.7 Å². The molecule has 6 nitrogen and oxygen atoms in total. The van der Waals surface area contributed by atoms with Gasteiger partial charge in [0.1, 0.15) is 18.9 Å². The summed E-state index contributed by atoms with van der Waals surface area (Å²) >= 11 is 1.68. The third-order valence-electron chi connectivity index (χ3n) is 3.57. The lowest BCUT2D eigenvalue weighted by Crippen LogP contribution is -2.40. The van der Waals surface area contributed by atoms with Crippen molar-refractivity contribution < 1.29 is 9.53 Å². The lowest BCUT2D eigenvalue weighted by Gasteiger charge is -2.14. The summed E-state index contributed by atoms with van der Waals surface area (Å²) in [5, 5.41) is 8.49. The fourth-order valence-electron chi connectivity index (χ4n) is 2.02. The smallest absolute Gasteiger partial charge is 0.243 e. The number of guanidine groups is 1. The number of hydrogen-bond acceptors (Lipinski definition) is 4. The zero-order valence-electron chi connectivity index (χ0n) is 15.9. The molecule has 148 valence electrons. The Morgan fingerprint density at radius 3 is 2.56 bits per heavy atom. The van der Waals surface area contributed by atoms with Crippen LogP contribution in [-0.4, -0.2) is 50.6 Å². The number of thiophene rings is 1. The molecular weight excluding hydrogens is 475 g/mol. The van der Waals surface area contributed by atoms with Crippen LogP contribution < -0.4 is 15.4 Å². The van der Waals surface area contributed by atoms with Gasteiger partial charge in [-0.2, -0.15) is 0 Å². The predicted octanol–water partition coefficient (Wildman–Crippen LogP) is 2.88. The molecule has 0 aliphatic carbocycles. The number of hydrogen-bond donors (Lipinski definition) is 2. The number of amides is 1. The van der Waals surface area contributed by atoms with Gasteiger partial charge in [0.2, 0.25) is 5.91 Å². The Kier molecular flexibility index (Phi) is 10.8. The van der Waals surface area contributed by atoms with Gasteiger partial charge in [-0.25, -0.2) is 4.99 Å². The normalized spacial score (nSPS) is 10.7. The number of benzene rings is 1. The maximum Gasteiger partial charge on any atom is 0.243 e. The second-order valence-electron chi connectivity index (χ2n) is 5.97. The third kappa shape index (κ3) is 9.09. The molecule has 0 fully saturated rings. The summed E-state index contributed by atoms with van der Waals surface area (Å²) in [6.07, 6.45) is 0. The molecular formula is C19H27IN4O2S. The highest BCUT2D eigenvalue weighted by Gasteiger charge is 2.05. The molecule has 2 rings (SSSR count). The van der Waals surface area contributed by atoms with Crippen LogP contribution >= 0.6 is 35.3 Å². The van der Waals surface area contributed by atoms with E-state index >= 15 is 0 Å². The van der Waals surface area contributed by atoms with Gasteiger partial charge in [0.05, 0.1) is 13.1 Å². The van der Waals surface area contributed by atoms with Crippen LogP contribution in [0.4, 0.5) is 0 Å². The summed E-state index contributed by atoms with van der Waals surface area (Å²) in [6, 6.07) is 12.0. The van der Waals surface area contributed by atoms with Gasteiger partial charge in [-0.1, -0.05) is 23.8 Å². The molecule has 0 spiro atoms. The molecule has 0 saturated heterocycles. The van der Waals surface area contributed by atoms with E-state index in [-0.39, 0.29) is 36.4 Å². The largest absolute Gasteiger partial charge is 0.492 e. The molecule has 0 atom stereocenters. The standard InChI is InChI=1S/C19H26N4O2S.HI/c1-15-6-8-16(9-7-15)25-11-10-20-19(22-14-18(24)23(2)3)21-13-17-5-4-12-26-17;/h4-9,12H,10-11,13-14H2,1-3H3,(H2,20,21,22);1H. The van der Waals surface area contributed by atoms with Crippen LogP contribution in [-0.2, 0) is 11.3 Å². The number of carbonyl (C=O) groups excluding carboxylic acids is 1. The Balaban J connectivity index is 0.00000364. The van der Waals surface area contributed by atoms with E-state index < -0.39 is 0 Å². The first-order valence-corrected chi connectivity index (χ1v) is 9.37. The summed E-state index contributed by atoms with van der Waals surface area (Å²) in [5.74, 6) is 1.39. The van der Waals surface area contributed by atoms with E-state index in [0.29, 0.717) is 25.7 Å². The van der Waals surface area contributed by atoms with E-state index in [1.165, 1.54) is 15.3 Å². The maximum absolute atomic E-state index is 11.8. The predicted molar refractivity (Wildman–Crippen MR) is 122 cm³/mol. The van der Waals surface area contributed by atoms with Crippen LogP contribution in [0.1, 0.15) is 10.4 Å². The average molecular weight is 502 g/mol. The molecule has 8 heteroatoms. The summed E-state index contributed by atoms with van der Waals surface area (Å²) in [7, 11) is 3.44. The van der Waals surface area contributed by atoms with Crippen molar-refractivity contribution in [2.24, 2.45) is 4.99 Å². The number of nitrogens with zero attached hydrogens (tertiary/aromatic N) is 2. The Hall–Kier alpha value is -1.81. The number of ether oxygens (including phenoxy) is 1. The minimum atomic E-state index is -0.0434. The van der Waals surface area contributed by atoms with E-state index in [9.17, 15) is 4.79 Å². The molecule has 2 N–H and O–H groups in total. The Labute approximate surface area is 182 Å². The quantitative estimate of drug-likeness (QED) is 0.252. The second kappa shape index (κ2) is 12.6. The molecule has 1 heterocycles. The SMILES string of the molecule is Cc1ccc(OCCNC(=NCC(=O)N(C)C)NCc2cccs2)cc1.I. The topological polar surface area (TPSA) is 66.0 Å². The van der Waals surface area contributed by atoms with E-state index in [1.807, 2.05) is 42.6 Å². The lowest BCUT2D eigenvalue weighted by molar-refractivity contribution is -0.127. The molecule has 0 aliphatic heterocycles. The lowest BCUT2D eigenvalue weighted by atomic mass is 10.2. The number of likely N-dealkylation sites (N-methyl/N-ethyl adjacent to an activating group) is 1. The molecule has 1 aromatic heterocycles. The van der Waals surface area contributed by atoms with Gasteiger partial charge in [-0.05, 0) is 30.5 Å². The molecule has 27 heavy (non-hydrogen) atoms. The van der Waals surface area contributed by atoms with Gasteiger partial charge >= 0.3 is 0 Å². The first-order chi connectivity index (χ1) is 12.5. The van der Waals surface area contributed by atoms with Crippen molar-refractivity contribution in [3.05, 3.63) is 52.2 Å². The molecule has 1 aromatic carbocycles. The van der Waals surface area contributed by atoms with Crippen molar-refractivity contribution >= 4 is 47.2 Å². The molecule has 0 radical (unpaired) electrons. The summed E-state index contributed by atoms with van der Waals surface area (Å²) < 4.78 is 5.71. The zero-order valence-corrected chi connectivity index (χ0v) is 19.0. The fraction of sp³-hybridized carbons (Fsp3) is 0.368. The van der Waals surface area contributed by atoms with Crippen molar-refractivity contribution in [1.29, 1.82) is 0 Å². The Bertz CT molecular complexity index is 703. The van der Waals surface area contributed by atoms with Gasteiger partial charge in [0.25, 0.3) is 0 Å². The van der Waals surface area contributed by atoms with Gasteiger partial charge in [0, 0.05) is 19.0 Å². The first-order valence-electron chi connectivity index (χ1n) is 8.49. The number of nitrogens with one attached hydrogen (secondary N) is 2. The van der Waals surface area contributed by atoms with Gasteiger partial charge in [-0.15, -0.1) is 35.3 Å². The molecule has 0 bridgehead atoms. The summed E-state index contributed by atoms with van der Waals surface area (Å²) in [4.78, 5) is 18.8. The van der Waals surface area contributed by atoms with Gasteiger partial charge < -0.3 is 20.3 Å². The highest BCUT2D eigenvalue weighted by atomic mass is 127. The molecule has 0 aliphatic rings. The number of aliphatic imine (C=N–C) groups is 1. The van der Waals surface area contributed by atoms with Crippen molar-refractivity contribution in [3.63, 3.8) is 0 Å². The van der Waals surface area contributed by atoms with Crippen molar-refractivity contribution in [2.75, 3.05) is 33.8 Å². The van der Waals surface area contributed by atoms with E-state index in [1.54, 1.807) is 25.4 Å². The Morgan fingerprint density at radius 1 is 1.19 bits per heavy atom. The van der Waals surface area contributed by atoms with Crippen molar-refractivity contribution in [3.8, 4) is 5.75 Å². The highest BCUT2D eigenvalue weighted by molar-refractivity contribution is 14.0. The third-order valence-corrected chi connectivity index (χ3v) is 4.44. The van der Waals surface area contributed by atoms with Gasteiger partial charge in [-0.3, -0.25) is 4.79 Å². The van der Waals surface area contributed by atoms with Crippen molar-refractivity contribution in [2.45, 2.75) is 13.5 Å². The first kappa shape index (κ1) is 23.2. The van der Waals surface area contributed by atoms with Crippen LogP contribution in [0.2, 0.25) is 0 Å². The highest BCUT2D eigenvalue weighted by Crippen LogP contribution is 2.10. The maximum atomic E-state index is 11.8. The number of carbonyl (C=O) groups is 1. The van der Waals surface area contributed by atoms with Crippen LogP contribution in [0.3, 0.4) is 0 Å². The second-order valence-corrected chi connectivity index (χ2v) is 7.01. The number of rotatable bonds is 8. The van der Waals surface area contributed by atoms with Gasteiger partial charge in [0.15, 0.2) is 5.96 Å². The minimum absolute atomic E-state index is 0. The molecule has 1 amide bonds. The molecule has 2 aromatic rings. The molecule has 0 saturated carbocycles. The minimum Gasteiger partial charge on any atom is -0.492 e. The van der Waals surface area contributed by atoms with Crippen LogP contribution in [0.25, 0.3) is 0 Å². The summed E-state index contributed by atoms with van der Waals surface area (Å²) in [6.45, 7) is 3.90. The van der Waals surface area contributed by atoms with E-state index in [0.717, 1.165) is 5.75 Å². The monoisotopic (exact) mass is 502 g/mol. The fourth-order valence-corrected chi connectivity index (χ4v) is 2.66. The summed E-state index contributed by atoms with van der Waals surface area (Å²) in [5.41, 5.74) is 1.20. The van der Waals surface area contributed by atoms with Crippen LogP contribution in [0.5, 0.6) is 5.75 Å².